The lowest BCUT2D eigenvalue weighted by Crippen LogP contribution is -2.19. The molecule has 0 radical (unpaired) electrons. The molecule has 7 nitrogen and oxygen atoms in total. The van der Waals surface area contributed by atoms with Gasteiger partial charge in [0.25, 0.3) is 5.91 Å². The van der Waals surface area contributed by atoms with Crippen molar-refractivity contribution in [2.24, 2.45) is 5.10 Å². The summed E-state index contributed by atoms with van der Waals surface area (Å²) in [5.74, 6) is 0.832. The van der Waals surface area contributed by atoms with E-state index in [1.54, 1.807) is 6.21 Å². The van der Waals surface area contributed by atoms with Crippen LogP contribution >= 0.6 is 23.1 Å². The minimum absolute atomic E-state index is 0.205. The Balaban J connectivity index is 1.66. The van der Waals surface area contributed by atoms with Crippen LogP contribution in [0.4, 0.5) is 5.13 Å². The third-order valence-electron chi connectivity index (χ3n) is 3.30. The van der Waals surface area contributed by atoms with Crippen molar-refractivity contribution in [2.45, 2.75) is 36.9 Å². The quantitative estimate of drug-likeness (QED) is 0.263. The molecule has 0 atom stereocenters. The van der Waals surface area contributed by atoms with Crippen LogP contribution < -0.4 is 15.9 Å². The van der Waals surface area contributed by atoms with Gasteiger partial charge in [-0.2, -0.15) is 5.10 Å². The summed E-state index contributed by atoms with van der Waals surface area (Å²) >= 11 is 2.52. The van der Waals surface area contributed by atoms with Crippen molar-refractivity contribution in [3.8, 4) is 5.75 Å². The fraction of sp³-hybridized carbons (Fsp3) is 0.412. The summed E-state index contributed by atoms with van der Waals surface area (Å²) in [6.45, 7) is 2.93. The highest BCUT2D eigenvalue weighted by atomic mass is 32.2. The number of unbranched alkanes of at least 4 members (excludes halogenated alkanes) is 3. The van der Waals surface area contributed by atoms with Crippen LogP contribution in [-0.2, 0) is 4.79 Å². The topological polar surface area (TPSA) is 102 Å². The summed E-state index contributed by atoms with van der Waals surface area (Å²) in [4.78, 5) is 11.7. The highest BCUT2D eigenvalue weighted by Crippen LogP contribution is 2.22. The van der Waals surface area contributed by atoms with Gasteiger partial charge in [-0.25, -0.2) is 5.43 Å². The molecule has 140 valence electrons. The maximum absolute atomic E-state index is 11.7. The minimum Gasteiger partial charge on any atom is -0.494 e. The van der Waals surface area contributed by atoms with E-state index >= 15 is 0 Å². The number of aromatic nitrogens is 2. The molecule has 0 aliphatic heterocycles. The summed E-state index contributed by atoms with van der Waals surface area (Å²) < 4.78 is 6.35. The number of nitrogens with two attached hydrogens (primary N) is 1. The molecule has 0 saturated carbocycles. The third-order valence-corrected chi connectivity index (χ3v) is 5.18. The van der Waals surface area contributed by atoms with Gasteiger partial charge in [-0.05, 0) is 36.2 Å². The fourth-order valence-corrected chi connectivity index (χ4v) is 3.41. The van der Waals surface area contributed by atoms with Crippen LogP contribution in [0.25, 0.3) is 0 Å². The molecule has 26 heavy (non-hydrogen) atoms. The lowest BCUT2D eigenvalue weighted by atomic mass is 10.2. The van der Waals surface area contributed by atoms with E-state index in [2.05, 4.69) is 27.6 Å². The zero-order valence-electron chi connectivity index (χ0n) is 14.7. The Bertz CT molecular complexity index is 703. The molecule has 2 aromatic rings. The molecule has 2 rings (SSSR count). The third kappa shape index (κ3) is 7.83. The van der Waals surface area contributed by atoms with Crippen molar-refractivity contribution in [1.29, 1.82) is 0 Å². The van der Waals surface area contributed by atoms with Crippen LogP contribution in [0.2, 0.25) is 0 Å². The van der Waals surface area contributed by atoms with Crippen molar-refractivity contribution < 1.29 is 9.53 Å². The summed E-state index contributed by atoms with van der Waals surface area (Å²) in [5, 5.41) is 11.9. The molecule has 0 spiro atoms. The number of nitrogen functional groups attached to an aromatic ring is 1. The maximum Gasteiger partial charge on any atom is 0.250 e. The first-order chi connectivity index (χ1) is 12.7. The predicted molar refractivity (Wildman–Crippen MR) is 107 cm³/mol. The molecule has 9 heteroatoms. The van der Waals surface area contributed by atoms with E-state index in [0.717, 1.165) is 24.3 Å². The van der Waals surface area contributed by atoms with Crippen LogP contribution in [-0.4, -0.2) is 34.7 Å². The number of ether oxygens (including phenoxy) is 1. The maximum atomic E-state index is 11.7. The highest BCUT2D eigenvalue weighted by Gasteiger charge is 2.05. The van der Waals surface area contributed by atoms with Crippen LogP contribution in [0.1, 0.15) is 38.2 Å². The van der Waals surface area contributed by atoms with Crippen molar-refractivity contribution >= 4 is 40.4 Å². The number of anilines is 1. The monoisotopic (exact) mass is 393 g/mol. The number of nitrogens with one attached hydrogen (secondary N) is 1. The average Bonchev–Trinajstić information content (AvgIpc) is 3.06. The second-order valence-electron chi connectivity index (χ2n) is 5.47. The average molecular weight is 394 g/mol. The van der Waals surface area contributed by atoms with Crippen molar-refractivity contribution in [3.63, 3.8) is 0 Å². The summed E-state index contributed by atoms with van der Waals surface area (Å²) in [6, 6.07) is 7.60. The van der Waals surface area contributed by atoms with E-state index in [4.69, 9.17) is 10.5 Å². The molecule has 1 aromatic carbocycles. The minimum atomic E-state index is -0.216. The van der Waals surface area contributed by atoms with Gasteiger partial charge in [0.15, 0.2) is 4.34 Å². The number of carbonyl (C=O) groups excluding carboxylic acids is 1. The molecule has 0 aliphatic carbocycles. The second kappa shape index (κ2) is 11.5. The number of hydrogen-bond donors (Lipinski definition) is 2. The fourth-order valence-electron chi connectivity index (χ4n) is 1.99. The number of hydrogen-bond acceptors (Lipinski definition) is 8. The first-order valence-corrected chi connectivity index (χ1v) is 10.2. The predicted octanol–water partition coefficient (Wildman–Crippen LogP) is 3.32. The zero-order chi connectivity index (χ0) is 18.6. The number of rotatable bonds is 11. The van der Waals surface area contributed by atoms with E-state index in [0.29, 0.717) is 9.47 Å². The Morgan fingerprint density at radius 2 is 2.12 bits per heavy atom. The summed E-state index contributed by atoms with van der Waals surface area (Å²) in [6.07, 6.45) is 6.34. The molecular formula is C17H23N5O2S2. The van der Waals surface area contributed by atoms with Crippen LogP contribution in [0.3, 0.4) is 0 Å². The molecule has 1 heterocycles. The zero-order valence-corrected chi connectivity index (χ0v) is 16.3. The normalized spacial score (nSPS) is 11.0. The lowest BCUT2D eigenvalue weighted by Gasteiger charge is -2.05. The van der Waals surface area contributed by atoms with Gasteiger partial charge in [-0.15, -0.1) is 10.2 Å². The number of hydrazone groups is 1. The van der Waals surface area contributed by atoms with Gasteiger partial charge in [0.2, 0.25) is 5.13 Å². The highest BCUT2D eigenvalue weighted by molar-refractivity contribution is 8.01. The Hall–Kier alpha value is -2.13. The van der Waals surface area contributed by atoms with Gasteiger partial charge < -0.3 is 10.5 Å². The molecule has 0 bridgehead atoms. The van der Waals surface area contributed by atoms with Gasteiger partial charge in [-0.1, -0.05) is 49.3 Å². The Morgan fingerprint density at radius 3 is 2.81 bits per heavy atom. The van der Waals surface area contributed by atoms with E-state index in [1.807, 2.05) is 24.3 Å². The van der Waals surface area contributed by atoms with Crippen molar-refractivity contribution in [2.75, 3.05) is 18.1 Å². The Labute approximate surface area is 161 Å². The molecular weight excluding hydrogens is 370 g/mol. The van der Waals surface area contributed by atoms with E-state index < -0.39 is 0 Å². The summed E-state index contributed by atoms with van der Waals surface area (Å²) in [5.41, 5.74) is 8.85. The van der Waals surface area contributed by atoms with Crippen LogP contribution in [0.15, 0.2) is 33.7 Å². The van der Waals surface area contributed by atoms with Gasteiger partial charge in [0.05, 0.1) is 18.6 Å². The molecule has 1 amide bonds. The second-order valence-corrected chi connectivity index (χ2v) is 7.70. The number of carbonyl (C=O) groups is 1. The van der Waals surface area contributed by atoms with Crippen LogP contribution in [0.5, 0.6) is 5.75 Å². The number of nitrogens with zero attached hydrogens (tertiary/aromatic N) is 3. The van der Waals surface area contributed by atoms with Crippen molar-refractivity contribution in [3.05, 3.63) is 29.8 Å². The Kier molecular flexibility index (Phi) is 8.91. The number of thioether (sulfide) groups is 1. The van der Waals surface area contributed by atoms with E-state index in [1.165, 1.54) is 42.4 Å². The van der Waals surface area contributed by atoms with Crippen LogP contribution in [0, 0.1) is 0 Å². The Morgan fingerprint density at radius 1 is 1.31 bits per heavy atom. The summed E-state index contributed by atoms with van der Waals surface area (Å²) in [7, 11) is 0. The van der Waals surface area contributed by atoms with Gasteiger partial charge in [-0.3, -0.25) is 4.79 Å². The SMILES string of the molecule is CCCCCCOc1ccc(C=NNC(=O)CSc2nnc(N)s2)cc1. The lowest BCUT2D eigenvalue weighted by molar-refractivity contribution is -0.118. The first kappa shape index (κ1) is 20.2. The van der Waals surface area contributed by atoms with Gasteiger partial charge in [0, 0.05) is 0 Å². The van der Waals surface area contributed by atoms with E-state index in [9.17, 15) is 4.79 Å². The van der Waals surface area contributed by atoms with Gasteiger partial charge in [0.1, 0.15) is 5.75 Å². The van der Waals surface area contributed by atoms with Gasteiger partial charge >= 0.3 is 0 Å². The smallest absolute Gasteiger partial charge is 0.250 e. The number of benzene rings is 1. The largest absolute Gasteiger partial charge is 0.494 e. The molecule has 0 aliphatic rings. The molecule has 0 saturated heterocycles. The van der Waals surface area contributed by atoms with E-state index in [-0.39, 0.29) is 11.7 Å². The number of amides is 1. The first-order valence-electron chi connectivity index (χ1n) is 8.44. The molecule has 0 fully saturated rings. The van der Waals surface area contributed by atoms with Crippen molar-refractivity contribution in [1.82, 2.24) is 15.6 Å². The molecule has 3 N–H and O–H groups in total. The molecule has 0 unspecified atom stereocenters. The molecule has 1 aromatic heterocycles. The standard InChI is InChI=1S/C17H23N5O2S2/c1-2-3-4-5-10-24-14-8-6-13(7-9-14)11-19-20-15(23)12-25-17-22-21-16(18)26-17/h6-9,11H,2-5,10,12H2,1H3,(H2,18,21)(H,20,23).